The zero-order valence-corrected chi connectivity index (χ0v) is 15.4. The molecule has 138 valence electrons. The van der Waals surface area contributed by atoms with E-state index in [2.05, 4.69) is 5.32 Å². The van der Waals surface area contributed by atoms with E-state index in [1.807, 2.05) is 0 Å². The van der Waals surface area contributed by atoms with Crippen molar-refractivity contribution >= 4 is 21.7 Å². The van der Waals surface area contributed by atoms with E-state index in [-0.39, 0.29) is 16.2 Å². The van der Waals surface area contributed by atoms with Crippen LogP contribution in [0, 0.1) is 5.92 Å². The lowest BCUT2D eigenvalue weighted by Gasteiger charge is -2.23. The molecule has 7 heteroatoms. The van der Waals surface area contributed by atoms with Gasteiger partial charge in [0, 0.05) is 5.56 Å². The van der Waals surface area contributed by atoms with Crippen LogP contribution >= 0.6 is 0 Å². The first-order chi connectivity index (χ1) is 12.3. The second-order valence-corrected chi connectivity index (χ2v) is 8.20. The zero-order chi connectivity index (χ0) is 19.3. The molecule has 2 aromatic carbocycles. The molecule has 0 aliphatic heterocycles. The highest BCUT2D eigenvalue weighted by molar-refractivity contribution is 7.91. The topological polar surface area (TPSA) is 101 Å². The van der Waals surface area contributed by atoms with Crippen LogP contribution < -0.4 is 5.32 Å². The minimum Gasteiger partial charge on any atom is -0.481 e. The minimum atomic E-state index is -3.44. The molecule has 0 saturated carbocycles. The largest absolute Gasteiger partial charge is 0.481 e. The Bertz CT molecular complexity index is 893. The lowest BCUT2D eigenvalue weighted by molar-refractivity contribution is -0.142. The van der Waals surface area contributed by atoms with Crippen molar-refractivity contribution in [1.29, 1.82) is 0 Å². The van der Waals surface area contributed by atoms with Crippen molar-refractivity contribution in [3.63, 3.8) is 0 Å². The van der Waals surface area contributed by atoms with E-state index in [0.717, 1.165) is 0 Å². The number of hydrogen-bond acceptors (Lipinski definition) is 4. The third-order valence-electron chi connectivity index (χ3n) is 4.17. The molecule has 6 nitrogen and oxygen atoms in total. The van der Waals surface area contributed by atoms with E-state index in [0.29, 0.717) is 5.56 Å². The molecule has 2 rings (SSSR count). The van der Waals surface area contributed by atoms with Crippen molar-refractivity contribution in [1.82, 2.24) is 5.32 Å². The number of aliphatic carboxylic acids is 1. The fourth-order valence-electron chi connectivity index (χ4n) is 2.52. The molecule has 0 aromatic heterocycles. The molecule has 2 atom stereocenters. The van der Waals surface area contributed by atoms with Gasteiger partial charge in [-0.3, -0.25) is 9.59 Å². The zero-order valence-electron chi connectivity index (χ0n) is 14.5. The van der Waals surface area contributed by atoms with Crippen molar-refractivity contribution < 1.29 is 23.1 Å². The second-order valence-electron chi connectivity index (χ2n) is 5.92. The molecule has 0 bridgehead atoms. The first-order valence-electron chi connectivity index (χ1n) is 8.17. The average molecular weight is 375 g/mol. The van der Waals surface area contributed by atoms with E-state index in [4.69, 9.17) is 0 Å². The average Bonchev–Trinajstić information content (AvgIpc) is 2.66. The molecule has 26 heavy (non-hydrogen) atoms. The van der Waals surface area contributed by atoms with Crippen LogP contribution in [-0.2, 0) is 14.6 Å². The number of benzene rings is 2. The minimum absolute atomic E-state index is 0.0650. The Balaban J connectivity index is 2.33. The maximum atomic E-state index is 12.6. The van der Waals surface area contributed by atoms with Crippen LogP contribution in [0.1, 0.15) is 35.8 Å². The molecule has 2 N–H and O–H groups in total. The molecular formula is C19H21NO5S. The number of nitrogens with one attached hydrogen (secondary N) is 1. The Kier molecular flexibility index (Phi) is 6.15. The molecule has 0 heterocycles. The quantitative estimate of drug-likeness (QED) is 0.775. The number of amides is 1. The summed E-state index contributed by atoms with van der Waals surface area (Å²) in [6, 6.07) is 13.8. The summed E-state index contributed by atoms with van der Waals surface area (Å²) in [6.07, 6.45) is 0. The highest BCUT2D eigenvalue weighted by atomic mass is 32.2. The number of carboxylic acid groups (broad SMARTS) is 1. The Morgan fingerprint density at radius 1 is 1.08 bits per heavy atom. The van der Waals surface area contributed by atoms with Gasteiger partial charge < -0.3 is 10.4 Å². The summed E-state index contributed by atoms with van der Waals surface area (Å²) >= 11 is 0. The van der Waals surface area contributed by atoms with Gasteiger partial charge in [-0.2, -0.15) is 0 Å². The van der Waals surface area contributed by atoms with Gasteiger partial charge in [-0.1, -0.05) is 43.3 Å². The molecule has 0 fully saturated rings. The molecule has 0 aliphatic rings. The Hall–Kier alpha value is -2.67. The number of sulfone groups is 1. The van der Waals surface area contributed by atoms with Crippen LogP contribution in [0.3, 0.4) is 0 Å². The van der Waals surface area contributed by atoms with E-state index in [9.17, 15) is 23.1 Å². The fraction of sp³-hybridized carbons (Fsp3) is 0.263. The summed E-state index contributed by atoms with van der Waals surface area (Å²) in [7, 11) is -3.44. The van der Waals surface area contributed by atoms with Gasteiger partial charge in [0.05, 0.1) is 22.6 Å². The summed E-state index contributed by atoms with van der Waals surface area (Å²) in [5.41, 5.74) is 0.825. The van der Waals surface area contributed by atoms with Gasteiger partial charge in [0.2, 0.25) is 0 Å². The van der Waals surface area contributed by atoms with Gasteiger partial charge in [-0.05, 0) is 30.7 Å². The third kappa shape index (κ3) is 4.49. The van der Waals surface area contributed by atoms with E-state index >= 15 is 0 Å². The lowest BCUT2D eigenvalue weighted by atomic mass is 9.94. The monoisotopic (exact) mass is 375 g/mol. The first kappa shape index (κ1) is 19.7. The van der Waals surface area contributed by atoms with Gasteiger partial charge in [0.1, 0.15) is 0 Å². The summed E-state index contributed by atoms with van der Waals surface area (Å²) in [5.74, 6) is -2.49. The van der Waals surface area contributed by atoms with Crippen molar-refractivity contribution in [2.45, 2.75) is 24.8 Å². The highest BCUT2D eigenvalue weighted by Crippen LogP contribution is 2.23. The van der Waals surface area contributed by atoms with Crippen LogP contribution in [0.25, 0.3) is 0 Å². The number of carbonyl (C=O) groups excluding carboxylic acids is 1. The normalized spacial score (nSPS) is 13.6. The fourth-order valence-corrected chi connectivity index (χ4v) is 3.45. The van der Waals surface area contributed by atoms with Gasteiger partial charge in [0.25, 0.3) is 5.91 Å². The van der Waals surface area contributed by atoms with Crippen molar-refractivity contribution in [3.8, 4) is 0 Å². The molecular weight excluding hydrogens is 354 g/mol. The summed E-state index contributed by atoms with van der Waals surface area (Å²) in [4.78, 5) is 24.1. The van der Waals surface area contributed by atoms with Crippen LogP contribution in [0.4, 0.5) is 0 Å². The second kappa shape index (κ2) is 8.14. The van der Waals surface area contributed by atoms with Crippen LogP contribution in [-0.4, -0.2) is 31.2 Å². The van der Waals surface area contributed by atoms with Gasteiger partial charge in [-0.15, -0.1) is 0 Å². The Morgan fingerprint density at radius 2 is 1.73 bits per heavy atom. The predicted molar refractivity (Wildman–Crippen MR) is 97.6 cm³/mol. The standard InChI is InChI=1S/C19H21NO5S/c1-3-26(24,25)16-11-7-10-15(12-16)18(21)20-17(13(2)19(22)23)14-8-5-4-6-9-14/h4-13,17H,3H2,1-2H3,(H,20,21)(H,22,23). The Morgan fingerprint density at radius 3 is 2.31 bits per heavy atom. The van der Waals surface area contributed by atoms with Crippen LogP contribution in [0.15, 0.2) is 59.5 Å². The van der Waals surface area contributed by atoms with Crippen molar-refractivity contribution in [2.75, 3.05) is 5.75 Å². The summed E-state index contributed by atoms with van der Waals surface area (Å²) < 4.78 is 24.0. The van der Waals surface area contributed by atoms with Gasteiger partial charge in [-0.25, -0.2) is 8.42 Å². The van der Waals surface area contributed by atoms with E-state index < -0.39 is 33.7 Å². The molecule has 0 radical (unpaired) electrons. The third-order valence-corrected chi connectivity index (χ3v) is 5.90. The van der Waals surface area contributed by atoms with E-state index in [1.165, 1.54) is 38.1 Å². The number of rotatable bonds is 7. The van der Waals surface area contributed by atoms with Crippen molar-refractivity contribution in [3.05, 3.63) is 65.7 Å². The molecule has 0 spiro atoms. The molecule has 2 aromatic rings. The predicted octanol–water partition coefficient (Wildman–Crippen LogP) is 2.67. The van der Waals surface area contributed by atoms with Crippen LogP contribution in [0.2, 0.25) is 0 Å². The lowest BCUT2D eigenvalue weighted by Crippen LogP contribution is -2.35. The maximum Gasteiger partial charge on any atom is 0.308 e. The number of carbonyl (C=O) groups is 2. The van der Waals surface area contributed by atoms with E-state index in [1.54, 1.807) is 30.3 Å². The summed E-state index contributed by atoms with van der Waals surface area (Å²) in [5, 5.41) is 12.1. The van der Waals surface area contributed by atoms with Gasteiger partial charge >= 0.3 is 5.97 Å². The van der Waals surface area contributed by atoms with Crippen LogP contribution in [0.5, 0.6) is 0 Å². The SMILES string of the molecule is CCS(=O)(=O)c1cccc(C(=O)NC(c2ccccc2)C(C)C(=O)O)c1. The smallest absolute Gasteiger partial charge is 0.308 e. The van der Waals surface area contributed by atoms with Crippen molar-refractivity contribution in [2.24, 2.45) is 5.92 Å². The van der Waals surface area contributed by atoms with Gasteiger partial charge in [0.15, 0.2) is 9.84 Å². The molecule has 0 saturated heterocycles. The molecule has 2 unspecified atom stereocenters. The Labute approximate surface area is 152 Å². The highest BCUT2D eigenvalue weighted by Gasteiger charge is 2.27. The molecule has 0 aliphatic carbocycles. The summed E-state index contributed by atoms with van der Waals surface area (Å²) in [6.45, 7) is 3.04. The first-order valence-corrected chi connectivity index (χ1v) is 9.83. The maximum absolute atomic E-state index is 12.6. The molecule has 1 amide bonds. The number of hydrogen-bond donors (Lipinski definition) is 2. The number of carboxylic acids is 1.